The van der Waals surface area contributed by atoms with Gasteiger partial charge >= 0.3 is 0 Å². The summed E-state index contributed by atoms with van der Waals surface area (Å²) in [6.45, 7) is 5.30. The summed E-state index contributed by atoms with van der Waals surface area (Å²) in [6, 6.07) is 6.17. The van der Waals surface area contributed by atoms with Gasteiger partial charge in [0.1, 0.15) is 0 Å². The summed E-state index contributed by atoms with van der Waals surface area (Å²) < 4.78 is 0. The van der Waals surface area contributed by atoms with Gasteiger partial charge in [-0.25, -0.2) is 0 Å². The second-order valence-electron chi connectivity index (χ2n) is 6.06. The predicted octanol–water partition coefficient (Wildman–Crippen LogP) is 3.68. The number of nitrogens with one attached hydrogen (secondary N) is 1. The standard InChI is InChI=1S/C16H24ClNO/c1-12-5-7-16(11-19,8-6-12)18-10-14-4-3-13(2)15(17)9-14/h3-4,9,12,18-19H,5-8,10-11H2,1-2H3. The second kappa shape index (κ2) is 6.25. The number of halogens is 1. The Kier molecular flexibility index (Phi) is 4.88. The second-order valence-corrected chi connectivity index (χ2v) is 6.47. The van der Waals surface area contributed by atoms with Crippen LogP contribution in [0.15, 0.2) is 18.2 Å². The van der Waals surface area contributed by atoms with Crippen molar-refractivity contribution in [2.75, 3.05) is 6.61 Å². The lowest BCUT2D eigenvalue weighted by Gasteiger charge is -2.39. The Morgan fingerprint density at radius 3 is 2.63 bits per heavy atom. The summed E-state index contributed by atoms with van der Waals surface area (Å²) in [5, 5.41) is 14.1. The normalized spacial score (nSPS) is 27.5. The van der Waals surface area contributed by atoms with Crippen LogP contribution >= 0.6 is 11.6 Å². The van der Waals surface area contributed by atoms with Crippen LogP contribution in [0.5, 0.6) is 0 Å². The molecule has 1 aliphatic rings. The van der Waals surface area contributed by atoms with Crippen LogP contribution in [0.3, 0.4) is 0 Å². The molecule has 3 heteroatoms. The molecule has 19 heavy (non-hydrogen) atoms. The van der Waals surface area contributed by atoms with E-state index in [0.717, 1.165) is 35.9 Å². The van der Waals surface area contributed by atoms with E-state index in [1.54, 1.807) is 0 Å². The monoisotopic (exact) mass is 281 g/mol. The van der Waals surface area contributed by atoms with Gasteiger partial charge in [-0.3, -0.25) is 0 Å². The third kappa shape index (κ3) is 3.71. The number of rotatable bonds is 4. The SMILES string of the molecule is Cc1ccc(CNC2(CO)CCC(C)CC2)cc1Cl. The summed E-state index contributed by atoms with van der Waals surface area (Å²) in [5.74, 6) is 0.787. The van der Waals surface area contributed by atoms with E-state index in [1.807, 2.05) is 19.1 Å². The Morgan fingerprint density at radius 2 is 2.05 bits per heavy atom. The number of hydrogen-bond acceptors (Lipinski definition) is 2. The summed E-state index contributed by atoms with van der Waals surface area (Å²) >= 11 is 6.15. The predicted molar refractivity (Wildman–Crippen MR) is 80.5 cm³/mol. The number of benzene rings is 1. The smallest absolute Gasteiger partial charge is 0.0613 e. The van der Waals surface area contributed by atoms with Crippen LogP contribution < -0.4 is 5.32 Å². The molecule has 0 amide bonds. The summed E-state index contributed by atoms with van der Waals surface area (Å²) in [4.78, 5) is 0. The molecule has 1 aromatic rings. The molecule has 0 radical (unpaired) electrons. The van der Waals surface area contributed by atoms with Crippen molar-refractivity contribution >= 4 is 11.6 Å². The first-order valence-electron chi connectivity index (χ1n) is 7.15. The van der Waals surface area contributed by atoms with E-state index < -0.39 is 0 Å². The molecule has 1 aromatic carbocycles. The molecule has 2 nitrogen and oxygen atoms in total. The summed E-state index contributed by atoms with van der Waals surface area (Å²) in [6.07, 6.45) is 4.51. The Hall–Kier alpha value is -0.570. The van der Waals surface area contributed by atoms with Gasteiger partial charge in [0.2, 0.25) is 0 Å². The molecule has 0 atom stereocenters. The van der Waals surface area contributed by atoms with Gasteiger partial charge in [0.05, 0.1) is 6.61 Å². The maximum atomic E-state index is 9.72. The van der Waals surface area contributed by atoms with Crippen molar-refractivity contribution in [1.29, 1.82) is 0 Å². The van der Waals surface area contributed by atoms with E-state index in [0.29, 0.717) is 0 Å². The highest BCUT2D eigenvalue weighted by molar-refractivity contribution is 6.31. The minimum absolute atomic E-state index is 0.0934. The molecule has 0 saturated heterocycles. The van der Waals surface area contributed by atoms with Crippen molar-refractivity contribution in [3.05, 3.63) is 34.3 Å². The molecule has 0 unspecified atom stereocenters. The summed E-state index contributed by atoms with van der Waals surface area (Å²) in [5.41, 5.74) is 2.19. The fourth-order valence-corrected chi connectivity index (χ4v) is 2.94. The third-order valence-electron chi connectivity index (χ3n) is 4.44. The molecule has 1 saturated carbocycles. The Morgan fingerprint density at radius 1 is 1.37 bits per heavy atom. The lowest BCUT2D eigenvalue weighted by Crippen LogP contribution is -2.50. The molecule has 0 bridgehead atoms. The Labute approximate surface area is 121 Å². The van der Waals surface area contributed by atoms with Crippen molar-refractivity contribution in [3.8, 4) is 0 Å². The van der Waals surface area contributed by atoms with E-state index in [1.165, 1.54) is 18.4 Å². The highest BCUT2D eigenvalue weighted by Gasteiger charge is 2.32. The molecule has 106 valence electrons. The first-order chi connectivity index (χ1) is 9.04. The lowest BCUT2D eigenvalue weighted by atomic mass is 9.77. The van der Waals surface area contributed by atoms with Crippen LogP contribution in [0.4, 0.5) is 0 Å². The average molecular weight is 282 g/mol. The molecule has 1 fully saturated rings. The van der Waals surface area contributed by atoms with Crippen LogP contribution in [0.1, 0.15) is 43.7 Å². The molecule has 1 aliphatic carbocycles. The molecule has 0 aromatic heterocycles. The van der Waals surface area contributed by atoms with Crippen LogP contribution in [0, 0.1) is 12.8 Å². The van der Waals surface area contributed by atoms with Crippen molar-refractivity contribution in [2.45, 2.75) is 51.6 Å². The minimum atomic E-state index is -0.0934. The summed E-state index contributed by atoms with van der Waals surface area (Å²) in [7, 11) is 0. The fraction of sp³-hybridized carbons (Fsp3) is 0.625. The van der Waals surface area contributed by atoms with Gasteiger partial charge in [-0.1, -0.05) is 30.7 Å². The van der Waals surface area contributed by atoms with Crippen molar-refractivity contribution in [3.63, 3.8) is 0 Å². The first kappa shape index (κ1) is 14.8. The molecule has 2 rings (SSSR count). The zero-order chi connectivity index (χ0) is 13.9. The van der Waals surface area contributed by atoms with E-state index in [9.17, 15) is 5.11 Å². The van der Waals surface area contributed by atoms with Crippen molar-refractivity contribution < 1.29 is 5.11 Å². The Bertz CT molecular complexity index is 425. The molecule has 2 N–H and O–H groups in total. The first-order valence-corrected chi connectivity index (χ1v) is 7.53. The number of aliphatic hydroxyl groups excluding tert-OH is 1. The fourth-order valence-electron chi connectivity index (χ4n) is 2.74. The molecule has 0 aliphatic heterocycles. The van der Waals surface area contributed by atoms with Crippen LogP contribution in [0.25, 0.3) is 0 Å². The van der Waals surface area contributed by atoms with Gasteiger partial charge in [0, 0.05) is 17.1 Å². The van der Waals surface area contributed by atoms with Crippen molar-refractivity contribution in [2.24, 2.45) is 5.92 Å². The van der Waals surface area contributed by atoms with Gasteiger partial charge < -0.3 is 10.4 Å². The van der Waals surface area contributed by atoms with E-state index >= 15 is 0 Å². The number of aryl methyl sites for hydroxylation is 1. The molecular weight excluding hydrogens is 258 g/mol. The Balaban J connectivity index is 1.97. The maximum Gasteiger partial charge on any atom is 0.0613 e. The van der Waals surface area contributed by atoms with E-state index in [-0.39, 0.29) is 12.1 Å². The zero-order valence-corrected chi connectivity index (χ0v) is 12.6. The largest absolute Gasteiger partial charge is 0.394 e. The van der Waals surface area contributed by atoms with Gasteiger partial charge in [-0.2, -0.15) is 0 Å². The molecule has 0 spiro atoms. The van der Waals surface area contributed by atoms with Gasteiger partial charge in [0.15, 0.2) is 0 Å². The molecule has 0 heterocycles. The van der Waals surface area contributed by atoms with Crippen LogP contribution in [-0.2, 0) is 6.54 Å². The zero-order valence-electron chi connectivity index (χ0n) is 11.9. The number of hydrogen-bond donors (Lipinski definition) is 2. The highest BCUT2D eigenvalue weighted by atomic mass is 35.5. The maximum absolute atomic E-state index is 9.72. The van der Waals surface area contributed by atoms with Crippen LogP contribution in [-0.4, -0.2) is 17.3 Å². The molecular formula is C16H24ClNO. The number of aliphatic hydroxyl groups is 1. The van der Waals surface area contributed by atoms with Crippen LogP contribution in [0.2, 0.25) is 5.02 Å². The van der Waals surface area contributed by atoms with Gasteiger partial charge in [-0.05, 0) is 55.7 Å². The van der Waals surface area contributed by atoms with Gasteiger partial charge in [0.25, 0.3) is 0 Å². The van der Waals surface area contributed by atoms with E-state index in [4.69, 9.17) is 11.6 Å². The average Bonchev–Trinajstić information content (AvgIpc) is 2.42. The topological polar surface area (TPSA) is 32.3 Å². The van der Waals surface area contributed by atoms with Gasteiger partial charge in [-0.15, -0.1) is 0 Å². The lowest BCUT2D eigenvalue weighted by molar-refractivity contribution is 0.104. The highest BCUT2D eigenvalue weighted by Crippen LogP contribution is 2.32. The quantitative estimate of drug-likeness (QED) is 0.882. The van der Waals surface area contributed by atoms with Crippen molar-refractivity contribution in [1.82, 2.24) is 5.32 Å². The third-order valence-corrected chi connectivity index (χ3v) is 4.85. The minimum Gasteiger partial charge on any atom is -0.394 e. The van der Waals surface area contributed by atoms with E-state index in [2.05, 4.69) is 18.3 Å².